The van der Waals surface area contributed by atoms with Crippen molar-refractivity contribution in [2.45, 2.75) is 57.7 Å². The molecule has 1 aromatic carbocycles. The second kappa shape index (κ2) is 9.96. The molecule has 5 radical (unpaired) electrons. The third kappa shape index (κ3) is 5.83. The molecule has 0 heterocycles. The van der Waals surface area contributed by atoms with Gasteiger partial charge in [0.15, 0.2) is 0 Å². The van der Waals surface area contributed by atoms with Crippen molar-refractivity contribution in [2.24, 2.45) is 0 Å². The lowest BCUT2D eigenvalue weighted by molar-refractivity contribution is 0.443. The Kier molecular flexibility index (Phi) is 7.92. The minimum Gasteiger partial charge on any atom is -0.0874 e. The maximum Gasteiger partial charge on any atom is 0.0587 e. The van der Waals surface area contributed by atoms with Crippen LogP contribution >= 0.6 is 0 Å². The number of benzene rings is 1. The van der Waals surface area contributed by atoms with Gasteiger partial charge in [0.05, 0.1) is 7.17 Å². The zero-order chi connectivity index (χ0) is 16.5. The van der Waals surface area contributed by atoms with E-state index in [1.165, 1.54) is 42.4 Å². The molecule has 0 saturated heterocycles. The Morgan fingerprint density at radius 1 is 1.13 bits per heavy atom. The molecule has 1 aromatic rings. The van der Waals surface area contributed by atoms with Crippen molar-refractivity contribution in [3.8, 4) is 0 Å². The Hall–Kier alpha value is -1.04. The Morgan fingerprint density at radius 3 is 2.39 bits per heavy atom. The minimum atomic E-state index is 0.711. The van der Waals surface area contributed by atoms with Crippen LogP contribution < -0.4 is 0 Å². The molecule has 0 N–H and O–H groups in total. The quantitative estimate of drug-likeness (QED) is 0.522. The van der Waals surface area contributed by atoms with E-state index in [0.717, 1.165) is 12.3 Å². The molecule has 0 aromatic heterocycles. The fraction of sp³-hybridized carbons (Fsp3) is 0.474. The van der Waals surface area contributed by atoms with E-state index < -0.39 is 0 Å². The molecular formula is C19H25B4. The van der Waals surface area contributed by atoms with Gasteiger partial charge in [-0.15, -0.1) is 0 Å². The molecule has 1 aliphatic rings. The molecule has 0 amide bonds. The van der Waals surface area contributed by atoms with Crippen LogP contribution in [0.2, 0.25) is 5.82 Å². The summed E-state index contributed by atoms with van der Waals surface area (Å²) < 4.78 is 0. The molecule has 1 saturated carbocycles. The Labute approximate surface area is 146 Å². The molecule has 0 bridgehead atoms. The highest BCUT2D eigenvalue weighted by Gasteiger charge is 2.21. The Bertz CT molecular complexity index is 511. The second-order valence-electron chi connectivity index (χ2n) is 6.47. The lowest BCUT2D eigenvalue weighted by Gasteiger charge is -2.29. The molecule has 1 fully saturated rings. The molecule has 4 heteroatoms. The molecule has 0 unspecified atom stereocenters. The number of hydrogen-bond acceptors (Lipinski definition) is 0. The Morgan fingerprint density at radius 2 is 1.83 bits per heavy atom. The van der Waals surface area contributed by atoms with Crippen LogP contribution in [0.4, 0.5) is 0 Å². The van der Waals surface area contributed by atoms with Gasteiger partial charge < -0.3 is 0 Å². The summed E-state index contributed by atoms with van der Waals surface area (Å²) in [5.41, 5.74) is 4.29. The summed E-state index contributed by atoms with van der Waals surface area (Å²) in [6.45, 7) is 4.18. The molecule has 23 heavy (non-hydrogen) atoms. The van der Waals surface area contributed by atoms with Gasteiger partial charge >= 0.3 is 0 Å². The molecule has 0 atom stereocenters. The number of allylic oxidation sites excluding steroid dienone is 4. The van der Waals surface area contributed by atoms with Gasteiger partial charge in [-0.2, -0.15) is 0 Å². The van der Waals surface area contributed by atoms with Crippen LogP contribution in [0.15, 0.2) is 48.1 Å². The zero-order valence-corrected chi connectivity index (χ0v) is 14.5. The van der Waals surface area contributed by atoms with Crippen LogP contribution in [0.25, 0.3) is 0 Å². The monoisotopic (exact) mass is 297 g/mol. The van der Waals surface area contributed by atoms with Crippen molar-refractivity contribution >= 4 is 29.0 Å². The molecule has 2 rings (SSSR count). The van der Waals surface area contributed by atoms with E-state index in [1.807, 2.05) is 7.06 Å². The van der Waals surface area contributed by atoms with Crippen molar-refractivity contribution in [1.82, 2.24) is 0 Å². The van der Waals surface area contributed by atoms with E-state index in [4.69, 9.17) is 7.74 Å². The van der Waals surface area contributed by atoms with Gasteiger partial charge in [-0.1, -0.05) is 61.2 Å². The van der Waals surface area contributed by atoms with Crippen LogP contribution in [0.3, 0.4) is 0 Å². The molecular weight excluding hydrogens is 271 g/mol. The van der Waals surface area contributed by atoms with Gasteiger partial charge in [0.1, 0.15) is 0 Å². The molecule has 0 nitrogen and oxygen atoms in total. The average molecular weight is 297 g/mol. The second-order valence-corrected chi connectivity index (χ2v) is 6.47. The maximum atomic E-state index is 5.42. The first-order valence-corrected chi connectivity index (χ1v) is 8.85. The standard InChI is InChI=1S/C19H25B4/c1-3-5-15(4-2)14-16-6-8-17(9-7-16)18-10-12-19(13-11-18)21-23-22-20/h3-9,18-19H,10-14H2,1-2H3/b5-3-,15-4+. The largest absolute Gasteiger partial charge is 0.0874 e. The normalized spacial score (nSPS) is 22.1. The fourth-order valence-corrected chi connectivity index (χ4v) is 3.48. The van der Waals surface area contributed by atoms with Gasteiger partial charge in [-0.3, -0.25) is 0 Å². The van der Waals surface area contributed by atoms with Crippen molar-refractivity contribution in [3.63, 3.8) is 0 Å². The summed E-state index contributed by atoms with van der Waals surface area (Å²) in [7, 11) is 11.3. The molecule has 0 spiro atoms. The molecule has 1 aliphatic carbocycles. The lowest BCUT2D eigenvalue weighted by Crippen LogP contribution is -2.21. The summed E-state index contributed by atoms with van der Waals surface area (Å²) >= 11 is 0. The van der Waals surface area contributed by atoms with E-state index in [9.17, 15) is 0 Å². The minimum absolute atomic E-state index is 0.711. The number of hydrogen-bond donors (Lipinski definition) is 0. The zero-order valence-electron chi connectivity index (χ0n) is 14.5. The van der Waals surface area contributed by atoms with Crippen LogP contribution in [-0.4, -0.2) is 29.0 Å². The maximum absolute atomic E-state index is 5.42. The topological polar surface area (TPSA) is 0 Å². The predicted molar refractivity (Wildman–Crippen MR) is 107 cm³/mol. The van der Waals surface area contributed by atoms with E-state index in [1.54, 1.807) is 7.06 Å². The van der Waals surface area contributed by atoms with Crippen LogP contribution in [0.5, 0.6) is 0 Å². The van der Waals surface area contributed by atoms with Crippen molar-refractivity contribution < 1.29 is 0 Å². The van der Waals surface area contributed by atoms with Gasteiger partial charge in [-0.25, -0.2) is 0 Å². The van der Waals surface area contributed by atoms with Gasteiger partial charge in [0.25, 0.3) is 0 Å². The summed E-state index contributed by atoms with van der Waals surface area (Å²) in [6.07, 6.45) is 12.7. The third-order valence-corrected chi connectivity index (χ3v) is 4.88. The van der Waals surface area contributed by atoms with Gasteiger partial charge in [0, 0.05) is 21.9 Å². The highest BCUT2D eigenvalue weighted by Crippen LogP contribution is 2.38. The summed E-state index contributed by atoms with van der Waals surface area (Å²) in [6, 6.07) is 9.29. The van der Waals surface area contributed by atoms with Crippen molar-refractivity contribution in [2.75, 3.05) is 0 Å². The first-order chi connectivity index (χ1) is 11.3. The summed E-state index contributed by atoms with van der Waals surface area (Å²) in [4.78, 5) is 0. The van der Waals surface area contributed by atoms with Crippen LogP contribution in [0.1, 0.15) is 56.6 Å². The van der Waals surface area contributed by atoms with E-state index in [0.29, 0.717) is 5.82 Å². The average Bonchev–Trinajstić information content (AvgIpc) is 2.60. The van der Waals surface area contributed by atoms with Crippen molar-refractivity contribution in [1.29, 1.82) is 0 Å². The molecule has 0 aliphatic heterocycles. The van der Waals surface area contributed by atoms with E-state index in [-0.39, 0.29) is 0 Å². The van der Waals surface area contributed by atoms with Crippen LogP contribution in [-0.2, 0) is 6.42 Å². The summed E-state index contributed by atoms with van der Waals surface area (Å²) in [5, 5.41) is 0. The summed E-state index contributed by atoms with van der Waals surface area (Å²) in [5.74, 6) is 1.44. The van der Waals surface area contributed by atoms with Crippen LogP contribution in [0, 0.1) is 0 Å². The highest BCUT2D eigenvalue weighted by molar-refractivity contribution is 7.41. The first-order valence-electron chi connectivity index (χ1n) is 8.85. The third-order valence-electron chi connectivity index (χ3n) is 4.88. The van der Waals surface area contributed by atoms with Gasteiger partial charge in [-0.05, 0) is 55.7 Å². The molecule has 113 valence electrons. The predicted octanol–water partition coefficient (Wildman–Crippen LogP) is 4.22. The number of rotatable bonds is 7. The lowest BCUT2D eigenvalue weighted by atomic mass is 9.11. The smallest absolute Gasteiger partial charge is 0.0587 e. The Balaban J connectivity index is 1.88. The van der Waals surface area contributed by atoms with E-state index >= 15 is 0 Å². The highest BCUT2D eigenvalue weighted by atomic mass is 14.2. The van der Waals surface area contributed by atoms with E-state index in [2.05, 4.69) is 63.5 Å². The van der Waals surface area contributed by atoms with Gasteiger partial charge in [0.2, 0.25) is 0 Å². The van der Waals surface area contributed by atoms with Crippen molar-refractivity contribution in [3.05, 3.63) is 59.2 Å². The SMILES string of the molecule is [B][B][B][B]C1CCC(c2ccc(CC(/C=C\C)=C/C)cc2)CC1. The fourth-order valence-electron chi connectivity index (χ4n) is 3.48. The first kappa shape index (κ1) is 18.3.